The molecule has 5 aromatic rings. The van der Waals surface area contributed by atoms with Gasteiger partial charge in [-0.15, -0.1) is 0 Å². The minimum absolute atomic E-state index is 0.0850. The lowest BCUT2D eigenvalue weighted by molar-refractivity contribution is -0.114. The maximum Gasteiger partial charge on any atom is 0.256 e. The molecular weight excluding hydrogens is 701 g/mol. The summed E-state index contributed by atoms with van der Waals surface area (Å²) in [4.78, 5) is 28.4. The molecule has 280 valence electrons. The SMILES string of the molecule is [2H]C.[3H]OCC1(C)OC(n2c(NCCCNS(=O)(=O)c3ccc(N=Nc4ccc(N(C)C)cc4)cc3)nc3c(NC(=O)c4ccccc4)ncnc32)CC1O. The standard InChI is InChI=1S/C35H40N10O6S.CH4/c1-35(21-46)28(47)20-29(51-35)45-32-30(31(37-22-38-32)41-33(48)23-8-5-4-6-9-23)40-34(45)36-18-7-19-39-52(49,50)27-16-12-25(13-17-27)43-42-24-10-14-26(15-11-24)44(2)3;/h4-6,8-17,22,28-29,39,46-47H,7,18-21H2,1-3H3,(H,36,40)(H,37,38,41,48);1H4/i46T;1D. The van der Waals surface area contributed by atoms with Gasteiger partial charge in [-0.25, -0.2) is 28.1 Å². The average molecular weight is 748 g/mol. The fraction of sp³-hybridized carbons (Fsp3) is 0.333. The molecule has 1 fully saturated rings. The minimum Gasteiger partial charge on any atom is -0.393 e. The van der Waals surface area contributed by atoms with Crippen LogP contribution >= 0.6 is 0 Å². The number of anilines is 3. The molecule has 17 heteroatoms. The molecular formula is C36H44N10O6S. The molecule has 16 nitrogen and oxygen atoms in total. The van der Waals surface area contributed by atoms with Crippen LogP contribution in [0.3, 0.4) is 0 Å². The van der Waals surface area contributed by atoms with Crippen molar-refractivity contribution in [2.75, 3.05) is 49.3 Å². The van der Waals surface area contributed by atoms with Gasteiger partial charge in [-0.2, -0.15) is 10.2 Å². The van der Waals surface area contributed by atoms with E-state index in [1.165, 1.54) is 25.9 Å². The molecule has 1 aliphatic heterocycles. The zero-order valence-corrected chi connectivity index (χ0v) is 30.6. The summed E-state index contributed by atoms with van der Waals surface area (Å²) in [6.45, 7) is 1.86. The molecule has 1 aliphatic rings. The average Bonchev–Trinajstić information content (AvgIpc) is 3.71. The first-order valence-electron chi connectivity index (χ1n) is 17.9. The van der Waals surface area contributed by atoms with E-state index in [4.69, 9.17) is 12.5 Å². The number of hydrogen-bond acceptors (Lipinski definition) is 13. The summed E-state index contributed by atoms with van der Waals surface area (Å²) in [6.07, 6.45) is 0.0587. The number of azo groups is 1. The maximum absolute atomic E-state index is 13.0. The van der Waals surface area contributed by atoms with Crippen LogP contribution in [-0.2, 0) is 14.8 Å². The van der Waals surface area contributed by atoms with E-state index in [1.54, 1.807) is 54.0 Å². The van der Waals surface area contributed by atoms with Crippen molar-refractivity contribution >= 4 is 55.9 Å². The van der Waals surface area contributed by atoms with Gasteiger partial charge in [-0.3, -0.25) is 9.36 Å². The van der Waals surface area contributed by atoms with E-state index in [1.807, 2.05) is 43.3 Å². The minimum atomic E-state index is -3.82. The molecule has 6 rings (SSSR count). The summed E-state index contributed by atoms with van der Waals surface area (Å²) in [6, 6.07) is 22.3. The number of imidazole rings is 1. The third-order valence-electron chi connectivity index (χ3n) is 8.58. The van der Waals surface area contributed by atoms with Gasteiger partial charge in [0, 0.05) is 46.2 Å². The summed E-state index contributed by atoms with van der Waals surface area (Å²) < 4.78 is 49.5. The van der Waals surface area contributed by atoms with Crippen LogP contribution in [0.5, 0.6) is 0 Å². The van der Waals surface area contributed by atoms with E-state index in [2.05, 4.69) is 40.7 Å². The number of aliphatic hydroxyl groups is 2. The summed E-state index contributed by atoms with van der Waals surface area (Å²) >= 11 is 0. The van der Waals surface area contributed by atoms with Crippen molar-refractivity contribution < 1.29 is 29.5 Å². The predicted molar refractivity (Wildman–Crippen MR) is 202 cm³/mol. The number of amides is 1. The van der Waals surface area contributed by atoms with E-state index in [-0.39, 0.29) is 48.3 Å². The van der Waals surface area contributed by atoms with E-state index in [9.17, 15) is 18.3 Å². The van der Waals surface area contributed by atoms with Crippen LogP contribution in [0.1, 0.15) is 45.1 Å². The lowest BCUT2D eigenvalue weighted by Crippen LogP contribution is -2.39. The van der Waals surface area contributed by atoms with Crippen LogP contribution in [0.2, 0.25) is 0 Å². The van der Waals surface area contributed by atoms with Crippen molar-refractivity contribution in [3.05, 3.63) is 90.8 Å². The molecule has 1 amide bonds. The Labute approximate surface area is 310 Å². The number of sulfonamides is 1. The van der Waals surface area contributed by atoms with E-state index < -0.39 is 28.0 Å². The number of aliphatic hydroxyl groups excluding tert-OH is 2. The van der Waals surface area contributed by atoms with E-state index in [0.717, 1.165) is 5.69 Å². The van der Waals surface area contributed by atoms with Crippen LogP contribution in [0, 0.1) is 0 Å². The fourth-order valence-corrected chi connectivity index (χ4v) is 6.61. The van der Waals surface area contributed by atoms with Gasteiger partial charge in [0.05, 0.1) is 29.0 Å². The van der Waals surface area contributed by atoms with Crippen molar-refractivity contribution in [3.8, 4) is 0 Å². The number of aromatic nitrogens is 4. The number of hydrogen-bond donors (Lipinski definition) is 5. The first kappa shape index (κ1) is 36.0. The molecule has 0 spiro atoms. The Morgan fingerprint density at radius 1 is 1.08 bits per heavy atom. The van der Waals surface area contributed by atoms with Crippen LogP contribution in [0.4, 0.5) is 28.8 Å². The number of ether oxygens (including phenoxy) is 1. The molecule has 1 saturated heterocycles. The Kier molecular flexibility index (Phi) is 11.3. The van der Waals surface area contributed by atoms with E-state index >= 15 is 0 Å². The first-order chi connectivity index (χ1) is 26.5. The zero-order valence-electron chi connectivity index (χ0n) is 31.8. The van der Waals surface area contributed by atoms with Crippen LogP contribution in [0.15, 0.2) is 100 Å². The smallest absolute Gasteiger partial charge is 0.256 e. The number of nitrogens with one attached hydrogen (secondary N) is 3. The van der Waals surface area contributed by atoms with Gasteiger partial charge in [0.25, 0.3) is 5.91 Å². The molecule has 0 aliphatic carbocycles. The Morgan fingerprint density at radius 2 is 1.75 bits per heavy atom. The van der Waals surface area contributed by atoms with Gasteiger partial charge in [0.2, 0.25) is 17.4 Å². The Morgan fingerprint density at radius 3 is 2.42 bits per heavy atom. The van der Waals surface area contributed by atoms with E-state index in [0.29, 0.717) is 35.0 Å². The quantitative estimate of drug-likeness (QED) is 0.0711. The maximum atomic E-state index is 13.0. The molecule has 0 saturated carbocycles. The van der Waals surface area contributed by atoms with Crippen molar-refractivity contribution in [2.24, 2.45) is 10.2 Å². The van der Waals surface area contributed by atoms with Crippen molar-refractivity contribution in [3.63, 3.8) is 0 Å². The summed E-state index contributed by atoms with van der Waals surface area (Å²) in [5, 5.41) is 29.8. The normalized spacial score (nSPS) is 19.0. The Bertz CT molecular complexity index is 2180. The summed E-state index contributed by atoms with van der Waals surface area (Å²) in [5.74, 6) is 0.0743. The van der Waals surface area contributed by atoms with Crippen LogP contribution in [0.25, 0.3) is 11.2 Å². The summed E-state index contributed by atoms with van der Waals surface area (Å²) in [5.41, 5.74) is 2.07. The second kappa shape index (κ2) is 16.6. The number of benzene rings is 3. The Balaban J connectivity index is 0.00000285. The van der Waals surface area contributed by atoms with Crippen LogP contribution < -0.4 is 20.3 Å². The van der Waals surface area contributed by atoms with Gasteiger partial charge in [-0.05, 0) is 74.0 Å². The molecule has 3 aromatic carbocycles. The molecule has 5 N–H and O–H groups in total. The van der Waals surface area contributed by atoms with Gasteiger partial charge in [0.1, 0.15) is 18.2 Å². The molecule has 0 bridgehead atoms. The molecule has 3 heterocycles. The van der Waals surface area contributed by atoms with Crippen LogP contribution in [-0.4, -0.2) is 91.0 Å². The number of fused-ring (bicyclic) bond motifs is 1. The predicted octanol–water partition coefficient (Wildman–Crippen LogP) is 5.01. The lowest BCUT2D eigenvalue weighted by atomic mass is 10.0. The second-order valence-electron chi connectivity index (χ2n) is 12.6. The highest BCUT2D eigenvalue weighted by Gasteiger charge is 2.46. The first-order valence-corrected chi connectivity index (χ1v) is 18.0. The highest BCUT2D eigenvalue weighted by atomic mass is 32.2. The molecule has 53 heavy (non-hydrogen) atoms. The van der Waals surface area contributed by atoms with Crippen molar-refractivity contribution in [2.45, 2.75) is 50.0 Å². The number of carbonyl (C=O) groups is 1. The third kappa shape index (κ3) is 8.83. The van der Waals surface area contributed by atoms with Gasteiger partial charge < -0.3 is 30.5 Å². The Hall–Kier alpha value is -5.33. The fourth-order valence-electron chi connectivity index (χ4n) is 5.54. The molecule has 3 unspecified atom stereocenters. The number of rotatable bonds is 15. The zero-order chi connectivity index (χ0) is 39.6. The molecule has 2 aromatic heterocycles. The lowest BCUT2D eigenvalue weighted by Gasteiger charge is -2.25. The topological polar surface area (TPSA) is 209 Å². The van der Waals surface area contributed by atoms with Gasteiger partial charge >= 0.3 is 0 Å². The van der Waals surface area contributed by atoms with Gasteiger partial charge in [0.15, 0.2) is 17.0 Å². The second-order valence-corrected chi connectivity index (χ2v) is 14.4. The largest absolute Gasteiger partial charge is 0.393 e. The third-order valence-corrected chi connectivity index (χ3v) is 10.1. The molecule has 0 radical (unpaired) electrons. The van der Waals surface area contributed by atoms with Crippen molar-refractivity contribution in [1.29, 1.82) is 1.43 Å². The molecule has 3 atom stereocenters. The highest BCUT2D eigenvalue weighted by molar-refractivity contribution is 7.89. The van der Waals surface area contributed by atoms with Gasteiger partial charge in [-0.1, -0.05) is 25.6 Å². The van der Waals surface area contributed by atoms with Crippen molar-refractivity contribution in [1.82, 2.24) is 24.2 Å². The number of nitrogens with zero attached hydrogens (tertiary/aromatic N) is 7. The summed E-state index contributed by atoms with van der Waals surface area (Å²) in [7, 11) is 1.34. The monoisotopic (exact) mass is 747 g/mol. The highest BCUT2D eigenvalue weighted by Crippen LogP contribution is 2.40. The number of carbonyl (C=O) groups excluding carboxylic acids is 1.